The molecular weight excluding hydrogens is 478 g/mol. The van der Waals surface area contributed by atoms with Gasteiger partial charge in [0.2, 0.25) is 5.91 Å². The Kier molecular flexibility index (Phi) is 6.26. The lowest BCUT2D eigenvalue weighted by Crippen LogP contribution is -2.23. The number of nitrogens with zero attached hydrogens (tertiary/aromatic N) is 2. The summed E-state index contributed by atoms with van der Waals surface area (Å²) in [7, 11) is 0. The van der Waals surface area contributed by atoms with Gasteiger partial charge in [-0.05, 0) is 60.3 Å². The van der Waals surface area contributed by atoms with Gasteiger partial charge in [-0.3, -0.25) is 14.2 Å². The lowest BCUT2D eigenvalue weighted by atomic mass is 10.2. The number of hydrogen-bond donors (Lipinski definition) is 1. The zero-order chi connectivity index (χ0) is 23.8. The van der Waals surface area contributed by atoms with Crippen LogP contribution in [-0.4, -0.2) is 21.2 Å². The average Bonchev–Trinajstić information content (AvgIpc) is 3.22. The number of hydrogen-bond acceptors (Lipinski definition) is 5. The second kappa shape index (κ2) is 8.99. The molecular formula is C22H15F4N3O2S2. The third-order valence-electron chi connectivity index (χ3n) is 4.65. The van der Waals surface area contributed by atoms with E-state index in [1.54, 1.807) is 18.4 Å². The number of carbonyl (C=O) groups excluding carboxylic acids is 1. The minimum Gasteiger partial charge on any atom is -0.325 e. The number of benzene rings is 2. The molecule has 1 N–H and O–H groups in total. The van der Waals surface area contributed by atoms with Crippen LogP contribution in [0.25, 0.3) is 15.9 Å². The Morgan fingerprint density at radius 1 is 1.18 bits per heavy atom. The van der Waals surface area contributed by atoms with E-state index < -0.39 is 23.5 Å². The molecule has 11 heteroatoms. The first-order valence-electron chi connectivity index (χ1n) is 9.50. The van der Waals surface area contributed by atoms with Crippen molar-refractivity contribution in [2.24, 2.45) is 0 Å². The monoisotopic (exact) mass is 493 g/mol. The van der Waals surface area contributed by atoms with Crippen molar-refractivity contribution in [3.63, 3.8) is 0 Å². The van der Waals surface area contributed by atoms with Crippen molar-refractivity contribution < 1.29 is 22.4 Å². The van der Waals surface area contributed by atoms with Crippen LogP contribution >= 0.6 is 23.1 Å². The fourth-order valence-electron chi connectivity index (χ4n) is 3.17. The van der Waals surface area contributed by atoms with Gasteiger partial charge in [0, 0.05) is 5.69 Å². The number of fused-ring (bicyclic) bond motifs is 1. The molecule has 5 nitrogen and oxygen atoms in total. The molecule has 0 aliphatic carbocycles. The van der Waals surface area contributed by atoms with E-state index in [1.807, 2.05) is 0 Å². The maximum Gasteiger partial charge on any atom is 0.416 e. The molecule has 33 heavy (non-hydrogen) atoms. The predicted molar refractivity (Wildman–Crippen MR) is 121 cm³/mol. The van der Waals surface area contributed by atoms with Crippen molar-refractivity contribution in [1.29, 1.82) is 0 Å². The highest BCUT2D eigenvalue weighted by Gasteiger charge is 2.30. The van der Waals surface area contributed by atoms with Crippen LogP contribution in [0.5, 0.6) is 0 Å². The standard InChI is InChI=1S/C22H15F4N3O2S2/c1-12-9-14(23)5-6-17(12)29-20(31)19-16(7-8-32-19)28-21(29)33-11-18(30)27-15-4-2-3-13(10-15)22(24,25)26/h2-10H,11H2,1H3,(H,27,30). The molecule has 0 unspecified atom stereocenters. The van der Waals surface area contributed by atoms with Crippen molar-refractivity contribution in [3.05, 3.63) is 81.2 Å². The van der Waals surface area contributed by atoms with Crippen LogP contribution in [-0.2, 0) is 11.0 Å². The first kappa shape index (κ1) is 23.0. The van der Waals surface area contributed by atoms with Crippen LogP contribution in [0.2, 0.25) is 0 Å². The van der Waals surface area contributed by atoms with E-state index in [0.717, 1.165) is 23.9 Å². The summed E-state index contributed by atoms with van der Waals surface area (Å²) in [5, 5.41) is 4.35. The highest BCUT2D eigenvalue weighted by atomic mass is 32.2. The predicted octanol–water partition coefficient (Wildman–Crippen LogP) is 5.64. The molecule has 0 fully saturated rings. The quantitative estimate of drug-likeness (QED) is 0.222. The number of anilines is 1. The van der Waals surface area contributed by atoms with Gasteiger partial charge in [-0.2, -0.15) is 13.2 Å². The first-order valence-corrected chi connectivity index (χ1v) is 11.4. The number of aromatic nitrogens is 2. The first-order chi connectivity index (χ1) is 15.6. The number of amides is 1. The lowest BCUT2D eigenvalue weighted by Gasteiger charge is -2.14. The molecule has 0 spiro atoms. The Hall–Kier alpha value is -3.18. The molecule has 170 valence electrons. The van der Waals surface area contributed by atoms with E-state index in [9.17, 15) is 27.2 Å². The molecule has 2 aromatic carbocycles. The molecule has 0 saturated heterocycles. The van der Waals surface area contributed by atoms with E-state index in [0.29, 0.717) is 21.5 Å². The van der Waals surface area contributed by atoms with Crippen molar-refractivity contribution in [3.8, 4) is 5.69 Å². The number of nitrogens with one attached hydrogen (secondary N) is 1. The largest absolute Gasteiger partial charge is 0.416 e. The molecule has 0 aliphatic heterocycles. The van der Waals surface area contributed by atoms with Gasteiger partial charge in [0.15, 0.2) is 5.16 Å². The highest BCUT2D eigenvalue weighted by molar-refractivity contribution is 7.99. The molecule has 0 aliphatic rings. The molecule has 0 bridgehead atoms. The second-order valence-corrected chi connectivity index (χ2v) is 8.87. The lowest BCUT2D eigenvalue weighted by molar-refractivity contribution is -0.137. The molecule has 0 saturated carbocycles. The Bertz CT molecular complexity index is 1410. The number of thiophene rings is 1. The van der Waals surface area contributed by atoms with Crippen LogP contribution in [0, 0.1) is 12.7 Å². The molecule has 4 rings (SSSR count). The summed E-state index contributed by atoms with van der Waals surface area (Å²) in [6.07, 6.45) is -4.53. The number of aryl methyl sites for hydroxylation is 1. The molecule has 0 radical (unpaired) electrons. The smallest absolute Gasteiger partial charge is 0.325 e. The summed E-state index contributed by atoms with van der Waals surface area (Å²) >= 11 is 2.17. The minimum absolute atomic E-state index is 0.00319. The number of thioether (sulfide) groups is 1. The van der Waals surface area contributed by atoms with Gasteiger partial charge < -0.3 is 5.32 Å². The molecule has 4 aromatic rings. The Morgan fingerprint density at radius 2 is 1.97 bits per heavy atom. The third-order valence-corrected chi connectivity index (χ3v) is 6.49. The van der Waals surface area contributed by atoms with E-state index in [4.69, 9.17) is 0 Å². The Morgan fingerprint density at radius 3 is 2.70 bits per heavy atom. The van der Waals surface area contributed by atoms with Gasteiger partial charge in [0.1, 0.15) is 10.5 Å². The summed E-state index contributed by atoms with van der Waals surface area (Å²) in [4.78, 5) is 30.0. The molecule has 2 heterocycles. The Balaban J connectivity index is 1.62. The summed E-state index contributed by atoms with van der Waals surface area (Å²) < 4.78 is 54.0. The molecule has 2 aromatic heterocycles. The average molecular weight is 494 g/mol. The summed E-state index contributed by atoms with van der Waals surface area (Å²) in [5.41, 5.74) is 0.156. The third kappa shape index (κ3) is 4.93. The van der Waals surface area contributed by atoms with Gasteiger partial charge >= 0.3 is 6.18 Å². The second-order valence-electron chi connectivity index (χ2n) is 7.02. The number of alkyl halides is 3. The normalized spacial score (nSPS) is 11.7. The maximum atomic E-state index is 13.6. The topological polar surface area (TPSA) is 64.0 Å². The van der Waals surface area contributed by atoms with Crippen LogP contribution < -0.4 is 10.9 Å². The van der Waals surface area contributed by atoms with Crippen LogP contribution in [0.1, 0.15) is 11.1 Å². The van der Waals surface area contributed by atoms with Gasteiger partial charge in [0.05, 0.1) is 22.5 Å². The van der Waals surface area contributed by atoms with Crippen LogP contribution in [0.15, 0.2) is 63.9 Å². The van der Waals surface area contributed by atoms with E-state index in [1.165, 1.54) is 46.2 Å². The molecule has 1 amide bonds. The summed E-state index contributed by atoms with van der Waals surface area (Å²) in [5.74, 6) is -1.23. The van der Waals surface area contributed by atoms with Crippen molar-refractivity contribution in [2.75, 3.05) is 11.1 Å². The van der Waals surface area contributed by atoms with E-state index in [2.05, 4.69) is 10.3 Å². The van der Waals surface area contributed by atoms with Crippen LogP contribution in [0.4, 0.5) is 23.2 Å². The van der Waals surface area contributed by atoms with Crippen molar-refractivity contribution in [2.45, 2.75) is 18.3 Å². The SMILES string of the molecule is Cc1cc(F)ccc1-n1c(SCC(=O)Nc2cccc(C(F)(F)F)c2)nc2ccsc2c1=O. The van der Waals surface area contributed by atoms with E-state index in [-0.39, 0.29) is 22.2 Å². The van der Waals surface area contributed by atoms with Crippen molar-refractivity contribution >= 4 is 44.9 Å². The van der Waals surface area contributed by atoms with Gasteiger partial charge in [-0.25, -0.2) is 9.37 Å². The fraction of sp³-hybridized carbons (Fsp3) is 0.136. The van der Waals surface area contributed by atoms with E-state index >= 15 is 0 Å². The number of halogens is 4. The minimum atomic E-state index is -4.53. The number of rotatable bonds is 5. The maximum absolute atomic E-state index is 13.6. The van der Waals surface area contributed by atoms with Crippen molar-refractivity contribution in [1.82, 2.24) is 9.55 Å². The zero-order valence-corrected chi connectivity index (χ0v) is 18.6. The number of carbonyl (C=O) groups is 1. The van der Waals surface area contributed by atoms with Crippen LogP contribution in [0.3, 0.4) is 0 Å². The molecule has 0 atom stereocenters. The van der Waals surface area contributed by atoms with Gasteiger partial charge in [-0.15, -0.1) is 11.3 Å². The Labute approximate surface area is 193 Å². The fourth-order valence-corrected chi connectivity index (χ4v) is 4.74. The van der Waals surface area contributed by atoms with Gasteiger partial charge in [-0.1, -0.05) is 17.8 Å². The highest BCUT2D eigenvalue weighted by Crippen LogP contribution is 2.31. The summed E-state index contributed by atoms with van der Waals surface area (Å²) in [6.45, 7) is 1.65. The van der Waals surface area contributed by atoms with Gasteiger partial charge in [0.25, 0.3) is 5.56 Å². The zero-order valence-electron chi connectivity index (χ0n) is 16.9. The summed E-state index contributed by atoms with van der Waals surface area (Å²) in [6, 6.07) is 9.95.